The summed E-state index contributed by atoms with van der Waals surface area (Å²) in [5.41, 5.74) is 3.66. The second-order valence-corrected chi connectivity index (χ2v) is 5.17. The number of benzene rings is 2. The van der Waals surface area contributed by atoms with Crippen molar-refractivity contribution in [2.75, 3.05) is 14.2 Å². The Balaban J connectivity index is 2.67. The van der Waals surface area contributed by atoms with Gasteiger partial charge in [0.25, 0.3) is 0 Å². The molecule has 0 fully saturated rings. The van der Waals surface area contributed by atoms with Crippen molar-refractivity contribution in [1.82, 2.24) is 5.43 Å². The second-order valence-electron chi connectivity index (χ2n) is 4.31. The molecule has 3 N–H and O–H groups in total. The SMILES string of the molecule is COc1cccc(OC)c1C(NN)c1c(F)cccc1Br. The molecule has 1 atom stereocenters. The van der Waals surface area contributed by atoms with Gasteiger partial charge in [0.1, 0.15) is 17.3 Å². The lowest BCUT2D eigenvalue weighted by Crippen LogP contribution is -2.30. The van der Waals surface area contributed by atoms with Crippen LogP contribution in [0.4, 0.5) is 4.39 Å². The maximum atomic E-state index is 14.2. The van der Waals surface area contributed by atoms with Gasteiger partial charge in [-0.25, -0.2) is 9.82 Å². The lowest BCUT2D eigenvalue weighted by Gasteiger charge is -2.23. The molecule has 21 heavy (non-hydrogen) atoms. The van der Waals surface area contributed by atoms with E-state index in [0.717, 1.165) is 0 Å². The Morgan fingerprint density at radius 2 is 1.62 bits per heavy atom. The number of hydrazine groups is 1. The van der Waals surface area contributed by atoms with Crippen molar-refractivity contribution in [1.29, 1.82) is 0 Å². The van der Waals surface area contributed by atoms with Gasteiger partial charge < -0.3 is 9.47 Å². The lowest BCUT2D eigenvalue weighted by atomic mass is 9.97. The van der Waals surface area contributed by atoms with Gasteiger partial charge in [-0.2, -0.15) is 0 Å². The van der Waals surface area contributed by atoms with Gasteiger partial charge in [0.05, 0.1) is 25.8 Å². The minimum atomic E-state index is -0.619. The maximum absolute atomic E-state index is 14.2. The van der Waals surface area contributed by atoms with Crippen LogP contribution in [0.3, 0.4) is 0 Å². The third-order valence-electron chi connectivity index (χ3n) is 3.21. The van der Waals surface area contributed by atoms with Crippen molar-refractivity contribution in [3.63, 3.8) is 0 Å². The first kappa shape index (κ1) is 15.8. The van der Waals surface area contributed by atoms with Crippen LogP contribution in [-0.2, 0) is 0 Å². The first-order valence-electron chi connectivity index (χ1n) is 6.25. The molecule has 4 nitrogen and oxygen atoms in total. The van der Waals surface area contributed by atoms with E-state index in [2.05, 4.69) is 21.4 Å². The van der Waals surface area contributed by atoms with Crippen LogP contribution in [0.15, 0.2) is 40.9 Å². The number of hydrogen-bond donors (Lipinski definition) is 2. The van der Waals surface area contributed by atoms with Gasteiger partial charge in [-0.3, -0.25) is 5.84 Å². The number of halogens is 2. The molecular weight excluding hydrogens is 339 g/mol. The third kappa shape index (κ3) is 3.02. The van der Waals surface area contributed by atoms with Crippen LogP contribution in [0.5, 0.6) is 11.5 Å². The van der Waals surface area contributed by atoms with Crippen LogP contribution < -0.4 is 20.7 Å². The molecule has 1 unspecified atom stereocenters. The quantitative estimate of drug-likeness (QED) is 0.639. The van der Waals surface area contributed by atoms with E-state index in [0.29, 0.717) is 27.1 Å². The highest BCUT2D eigenvalue weighted by Crippen LogP contribution is 2.39. The zero-order valence-corrected chi connectivity index (χ0v) is 13.3. The Kier molecular flexibility index (Phi) is 5.17. The largest absolute Gasteiger partial charge is 0.496 e. The monoisotopic (exact) mass is 354 g/mol. The fraction of sp³-hybridized carbons (Fsp3) is 0.200. The topological polar surface area (TPSA) is 56.5 Å². The third-order valence-corrected chi connectivity index (χ3v) is 3.90. The molecule has 0 spiro atoms. The Morgan fingerprint density at radius 3 is 2.10 bits per heavy atom. The molecule has 2 rings (SSSR count). The van der Waals surface area contributed by atoms with E-state index in [9.17, 15) is 4.39 Å². The maximum Gasteiger partial charge on any atom is 0.129 e. The van der Waals surface area contributed by atoms with Crippen molar-refractivity contribution in [3.05, 3.63) is 57.8 Å². The summed E-state index contributed by atoms with van der Waals surface area (Å²) in [5, 5.41) is 0. The highest BCUT2D eigenvalue weighted by atomic mass is 79.9. The minimum Gasteiger partial charge on any atom is -0.496 e. The molecule has 112 valence electrons. The van der Waals surface area contributed by atoms with Crippen LogP contribution in [0.2, 0.25) is 0 Å². The highest BCUT2D eigenvalue weighted by molar-refractivity contribution is 9.10. The number of methoxy groups -OCH3 is 2. The first-order valence-corrected chi connectivity index (χ1v) is 7.04. The molecule has 0 heterocycles. The molecule has 0 radical (unpaired) electrons. The summed E-state index contributed by atoms with van der Waals surface area (Å²) in [5.74, 6) is 6.42. The summed E-state index contributed by atoms with van der Waals surface area (Å²) in [6.07, 6.45) is 0. The van der Waals surface area contributed by atoms with Crippen LogP contribution in [0.1, 0.15) is 17.2 Å². The van der Waals surface area contributed by atoms with Gasteiger partial charge >= 0.3 is 0 Å². The number of rotatable bonds is 5. The summed E-state index contributed by atoms with van der Waals surface area (Å²) in [7, 11) is 3.09. The molecule has 6 heteroatoms. The molecule has 0 saturated heterocycles. The van der Waals surface area contributed by atoms with Crippen LogP contribution in [0, 0.1) is 5.82 Å². The Bertz CT molecular complexity index is 595. The molecule has 0 aliphatic carbocycles. The van der Waals surface area contributed by atoms with Gasteiger partial charge in [0, 0.05) is 10.0 Å². The average molecular weight is 355 g/mol. The number of hydrogen-bond acceptors (Lipinski definition) is 4. The average Bonchev–Trinajstić information content (AvgIpc) is 2.50. The molecule has 0 aliphatic rings. The standard InChI is InChI=1S/C15H16BrFN2O2/c1-20-11-7-4-8-12(21-2)14(11)15(19-18)13-9(16)5-3-6-10(13)17/h3-8,15,19H,18H2,1-2H3. The van der Waals surface area contributed by atoms with E-state index in [4.69, 9.17) is 15.3 Å². The molecule has 2 aromatic carbocycles. The predicted molar refractivity (Wildman–Crippen MR) is 82.8 cm³/mol. The molecule has 0 aromatic heterocycles. The predicted octanol–water partition coefficient (Wildman–Crippen LogP) is 3.16. The van der Waals surface area contributed by atoms with Crippen molar-refractivity contribution in [2.45, 2.75) is 6.04 Å². The lowest BCUT2D eigenvalue weighted by molar-refractivity contribution is 0.376. The van der Waals surface area contributed by atoms with E-state index in [-0.39, 0.29) is 5.82 Å². The molecule has 0 amide bonds. The molecule has 0 bridgehead atoms. The van der Waals surface area contributed by atoms with Gasteiger partial charge in [0.2, 0.25) is 0 Å². The van der Waals surface area contributed by atoms with Gasteiger partial charge in [0.15, 0.2) is 0 Å². The number of ether oxygens (including phenoxy) is 2. The van der Waals surface area contributed by atoms with Crippen LogP contribution in [-0.4, -0.2) is 14.2 Å². The number of nitrogens with two attached hydrogens (primary N) is 1. The van der Waals surface area contributed by atoms with E-state index in [1.165, 1.54) is 6.07 Å². The molecule has 0 aliphatic heterocycles. The summed E-state index contributed by atoms with van der Waals surface area (Å²) >= 11 is 3.36. The van der Waals surface area contributed by atoms with Crippen molar-refractivity contribution >= 4 is 15.9 Å². The minimum absolute atomic E-state index is 0.375. The zero-order chi connectivity index (χ0) is 15.4. The zero-order valence-electron chi connectivity index (χ0n) is 11.7. The van der Waals surface area contributed by atoms with Crippen molar-refractivity contribution in [2.24, 2.45) is 5.84 Å². The van der Waals surface area contributed by atoms with Crippen LogP contribution in [0.25, 0.3) is 0 Å². The van der Waals surface area contributed by atoms with Gasteiger partial charge in [-0.05, 0) is 24.3 Å². The van der Waals surface area contributed by atoms with Crippen molar-refractivity contribution < 1.29 is 13.9 Å². The summed E-state index contributed by atoms with van der Waals surface area (Å²) in [6, 6.07) is 9.48. The van der Waals surface area contributed by atoms with Gasteiger partial charge in [-0.15, -0.1) is 0 Å². The number of nitrogens with one attached hydrogen (secondary N) is 1. The Labute approximate surface area is 131 Å². The van der Waals surface area contributed by atoms with E-state index in [1.807, 2.05) is 0 Å². The molecule has 2 aromatic rings. The Hall–Kier alpha value is -1.63. The normalized spacial score (nSPS) is 12.0. The fourth-order valence-electron chi connectivity index (χ4n) is 2.26. The molecular formula is C15H16BrFN2O2. The van der Waals surface area contributed by atoms with E-state index < -0.39 is 6.04 Å². The highest BCUT2D eigenvalue weighted by Gasteiger charge is 2.26. The summed E-state index contributed by atoms with van der Waals surface area (Å²) in [4.78, 5) is 0. The second kappa shape index (κ2) is 6.89. The first-order chi connectivity index (χ1) is 10.1. The fourth-order valence-corrected chi connectivity index (χ4v) is 2.83. The molecule has 0 saturated carbocycles. The smallest absolute Gasteiger partial charge is 0.129 e. The van der Waals surface area contributed by atoms with E-state index >= 15 is 0 Å². The Morgan fingerprint density at radius 1 is 1.05 bits per heavy atom. The van der Waals surface area contributed by atoms with Crippen LogP contribution >= 0.6 is 15.9 Å². The van der Waals surface area contributed by atoms with E-state index in [1.54, 1.807) is 44.6 Å². The summed E-state index contributed by atoms with van der Waals surface area (Å²) in [6.45, 7) is 0. The summed E-state index contributed by atoms with van der Waals surface area (Å²) < 4.78 is 25.6. The van der Waals surface area contributed by atoms with Crippen molar-refractivity contribution in [3.8, 4) is 11.5 Å². The van der Waals surface area contributed by atoms with Gasteiger partial charge in [-0.1, -0.05) is 28.1 Å².